The number of pyridine rings is 1. The summed E-state index contributed by atoms with van der Waals surface area (Å²) in [5, 5.41) is 2.72. The molecule has 0 aliphatic carbocycles. The van der Waals surface area contributed by atoms with Crippen LogP contribution >= 0.6 is 0 Å². The van der Waals surface area contributed by atoms with E-state index in [0.29, 0.717) is 12.3 Å². The van der Waals surface area contributed by atoms with Crippen LogP contribution in [0.1, 0.15) is 16.1 Å². The Morgan fingerprint density at radius 2 is 1.90 bits per heavy atom. The average Bonchev–Trinajstić information content (AvgIpc) is 2.52. The van der Waals surface area contributed by atoms with E-state index in [4.69, 9.17) is 9.47 Å². The first-order valence-corrected chi connectivity index (χ1v) is 6.32. The lowest BCUT2D eigenvalue weighted by atomic mass is 10.2. The number of aromatic nitrogens is 1. The van der Waals surface area contributed by atoms with Crippen molar-refractivity contribution in [2.24, 2.45) is 0 Å². The number of hydrogen-bond donors (Lipinski definition) is 2. The van der Waals surface area contributed by atoms with Gasteiger partial charge in [0.2, 0.25) is 5.43 Å². The quantitative estimate of drug-likeness (QED) is 0.869. The highest BCUT2D eigenvalue weighted by molar-refractivity contribution is 5.92. The maximum absolute atomic E-state index is 12.0. The van der Waals surface area contributed by atoms with Crippen LogP contribution in [0.5, 0.6) is 11.5 Å². The zero-order chi connectivity index (χ0) is 15.2. The van der Waals surface area contributed by atoms with Gasteiger partial charge in [-0.2, -0.15) is 0 Å². The van der Waals surface area contributed by atoms with Crippen LogP contribution in [0.4, 0.5) is 0 Å². The number of methoxy groups -OCH3 is 2. The molecule has 0 aliphatic heterocycles. The van der Waals surface area contributed by atoms with Crippen LogP contribution in [0, 0.1) is 0 Å². The number of ether oxygens (including phenoxy) is 2. The van der Waals surface area contributed by atoms with Crippen molar-refractivity contribution in [3.8, 4) is 11.5 Å². The van der Waals surface area contributed by atoms with Gasteiger partial charge in [-0.3, -0.25) is 9.59 Å². The fourth-order valence-electron chi connectivity index (χ4n) is 1.87. The molecule has 1 amide bonds. The molecule has 0 spiro atoms. The van der Waals surface area contributed by atoms with E-state index < -0.39 is 0 Å². The number of H-pyrrole nitrogens is 1. The number of nitrogens with one attached hydrogen (secondary N) is 2. The lowest BCUT2D eigenvalue weighted by molar-refractivity contribution is 0.0945. The van der Waals surface area contributed by atoms with Gasteiger partial charge in [0.1, 0.15) is 11.4 Å². The molecule has 0 unspecified atom stereocenters. The zero-order valence-corrected chi connectivity index (χ0v) is 11.8. The normalized spacial score (nSPS) is 10.0. The maximum Gasteiger partial charge on any atom is 0.268 e. The van der Waals surface area contributed by atoms with Gasteiger partial charge in [-0.25, -0.2) is 0 Å². The molecule has 2 N–H and O–H groups in total. The predicted octanol–water partition coefficient (Wildman–Crippen LogP) is 1.32. The first-order valence-electron chi connectivity index (χ1n) is 6.32. The molecular weight excluding hydrogens is 272 g/mol. The van der Waals surface area contributed by atoms with E-state index in [1.807, 2.05) is 24.3 Å². The van der Waals surface area contributed by atoms with Gasteiger partial charge >= 0.3 is 0 Å². The van der Waals surface area contributed by atoms with Gasteiger partial charge in [0.15, 0.2) is 5.75 Å². The number of rotatable bonds is 5. The molecule has 0 aliphatic rings. The molecule has 1 aromatic heterocycles. The summed E-state index contributed by atoms with van der Waals surface area (Å²) in [6, 6.07) is 8.59. The maximum atomic E-state index is 12.0. The number of benzene rings is 1. The highest BCUT2D eigenvalue weighted by Crippen LogP contribution is 2.16. The third kappa shape index (κ3) is 3.42. The van der Waals surface area contributed by atoms with E-state index in [2.05, 4.69) is 10.3 Å². The summed E-state index contributed by atoms with van der Waals surface area (Å²) < 4.78 is 10.1. The monoisotopic (exact) mass is 288 g/mol. The molecule has 1 aromatic carbocycles. The Morgan fingerprint density at radius 3 is 2.57 bits per heavy atom. The van der Waals surface area contributed by atoms with E-state index in [1.54, 1.807) is 7.11 Å². The van der Waals surface area contributed by atoms with Gasteiger partial charge in [-0.1, -0.05) is 18.2 Å². The number of aromatic amines is 1. The van der Waals surface area contributed by atoms with Gasteiger partial charge in [-0.15, -0.1) is 0 Å². The van der Waals surface area contributed by atoms with Crippen molar-refractivity contribution < 1.29 is 14.3 Å². The van der Waals surface area contributed by atoms with Crippen LogP contribution in [0.15, 0.2) is 41.3 Å². The minimum absolute atomic E-state index is 0.163. The highest BCUT2D eigenvalue weighted by atomic mass is 16.5. The number of hydrogen-bond acceptors (Lipinski definition) is 4. The van der Waals surface area contributed by atoms with Crippen molar-refractivity contribution in [3.63, 3.8) is 0 Å². The van der Waals surface area contributed by atoms with Crippen LogP contribution in [-0.2, 0) is 6.54 Å². The summed E-state index contributed by atoms with van der Waals surface area (Å²) >= 11 is 0. The predicted molar refractivity (Wildman–Crippen MR) is 77.8 cm³/mol. The van der Waals surface area contributed by atoms with Gasteiger partial charge in [-0.05, 0) is 6.07 Å². The molecule has 0 saturated heterocycles. The smallest absolute Gasteiger partial charge is 0.268 e. The zero-order valence-electron chi connectivity index (χ0n) is 11.8. The van der Waals surface area contributed by atoms with E-state index in [1.165, 1.54) is 19.4 Å². The van der Waals surface area contributed by atoms with Gasteiger partial charge in [0.05, 0.1) is 14.2 Å². The fraction of sp³-hybridized carbons (Fsp3) is 0.200. The highest BCUT2D eigenvalue weighted by Gasteiger charge is 2.10. The second kappa shape index (κ2) is 6.60. The van der Waals surface area contributed by atoms with Crippen molar-refractivity contribution in [2.45, 2.75) is 6.54 Å². The Bertz CT molecular complexity index is 694. The van der Waals surface area contributed by atoms with Crippen molar-refractivity contribution in [3.05, 3.63) is 58.0 Å². The van der Waals surface area contributed by atoms with Crippen molar-refractivity contribution in [1.82, 2.24) is 10.3 Å². The van der Waals surface area contributed by atoms with Crippen LogP contribution in [-0.4, -0.2) is 25.1 Å². The largest absolute Gasteiger partial charge is 0.496 e. The Balaban J connectivity index is 2.08. The topological polar surface area (TPSA) is 80.4 Å². The summed E-state index contributed by atoms with van der Waals surface area (Å²) in [5.41, 5.74) is 0.679. The van der Waals surface area contributed by atoms with Gasteiger partial charge in [0.25, 0.3) is 5.91 Å². The lowest BCUT2D eigenvalue weighted by Gasteiger charge is -2.09. The van der Waals surface area contributed by atoms with Crippen LogP contribution < -0.4 is 20.2 Å². The molecule has 21 heavy (non-hydrogen) atoms. The summed E-state index contributed by atoms with van der Waals surface area (Å²) in [6.45, 7) is 0.302. The molecule has 0 bridgehead atoms. The second-order valence-corrected chi connectivity index (χ2v) is 4.27. The number of amides is 1. The Labute approximate surface area is 121 Å². The van der Waals surface area contributed by atoms with E-state index in [9.17, 15) is 9.59 Å². The molecule has 2 aromatic rings. The molecule has 6 heteroatoms. The van der Waals surface area contributed by atoms with Crippen molar-refractivity contribution >= 4 is 5.91 Å². The third-order valence-electron chi connectivity index (χ3n) is 2.97. The standard InChI is InChI=1S/C15H16N2O4/c1-20-13-6-4-3-5-10(13)8-17-15(19)11-7-12(18)14(21-2)9-16-11/h3-7,9H,8H2,1-2H3,(H,16,18)(H,17,19). The first kappa shape index (κ1) is 14.6. The fourth-order valence-corrected chi connectivity index (χ4v) is 1.87. The lowest BCUT2D eigenvalue weighted by Crippen LogP contribution is -2.25. The van der Waals surface area contributed by atoms with Crippen molar-refractivity contribution in [1.29, 1.82) is 0 Å². The van der Waals surface area contributed by atoms with Crippen LogP contribution in [0.3, 0.4) is 0 Å². The molecule has 0 fully saturated rings. The van der Waals surface area contributed by atoms with Gasteiger partial charge in [0, 0.05) is 24.4 Å². The molecule has 110 valence electrons. The number of carbonyl (C=O) groups excluding carboxylic acids is 1. The molecule has 0 atom stereocenters. The third-order valence-corrected chi connectivity index (χ3v) is 2.97. The Morgan fingerprint density at radius 1 is 1.19 bits per heavy atom. The Kier molecular flexibility index (Phi) is 4.61. The summed E-state index contributed by atoms with van der Waals surface area (Å²) in [6.07, 6.45) is 1.36. The molecule has 1 heterocycles. The molecule has 2 rings (SSSR count). The number of carbonyl (C=O) groups is 1. The molecule has 0 saturated carbocycles. The number of para-hydroxylation sites is 1. The van der Waals surface area contributed by atoms with E-state index in [0.717, 1.165) is 5.56 Å². The summed E-state index contributed by atoms with van der Waals surface area (Å²) in [5.74, 6) is 0.484. The van der Waals surface area contributed by atoms with E-state index in [-0.39, 0.29) is 22.8 Å². The SMILES string of the molecule is COc1ccccc1CNC(=O)c1cc(=O)c(OC)c[nH]1. The molecule has 0 radical (unpaired) electrons. The molecular formula is C15H16N2O4. The van der Waals surface area contributed by atoms with Crippen LogP contribution in [0.2, 0.25) is 0 Å². The summed E-state index contributed by atoms with van der Waals surface area (Å²) in [7, 11) is 2.97. The second-order valence-electron chi connectivity index (χ2n) is 4.27. The Hall–Kier alpha value is -2.76. The van der Waals surface area contributed by atoms with Crippen molar-refractivity contribution in [2.75, 3.05) is 14.2 Å². The van der Waals surface area contributed by atoms with Crippen LogP contribution in [0.25, 0.3) is 0 Å². The minimum Gasteiger partial charge on any atom is -0.496 e. The average molecular weight is 288 g/mol. The minimum atomic E-state index is -0.374. The van der Waals surface area contributed by atoms with E-state index >= 15 is 0 Å². The van der Waals surface area contributed by atoms with Gasteiger partial charge < -0.3 is 19.8 Å². The molecule has 6 nitrogen and oxygen atoms in total. The summed E-state index contributed by atoms with van der Waals surface area (Å²) in [4.78, 5) is 26.3. The first-order chi connectivity index (χ1) is 10.2.